The zero-order chi connectivity index (χ0) is 17.9. The van der Waals surface area contributed by atoms with Gasteiger partial charge in [-0.3, -0.25) is 4.79 Å². The average molecular weight is 350 g/mol. The summed E-state index contributed by atoms with van der Waals surface area (Å²) in [4.78, 5) is 19.4. The van der Waals surface area contributed by atoms with E-state index < -0.39 is 8.07 Å². The van der Waals surface area contributed by atoms with E-state index in [0.717, 1.165) is 16.9 Å². The van der Waals surface area contributed by atoms with E-state index in [1.54, 1.807) is 6.07 Å². The van der Waals surface area contributed by atoms with Gasteiger partial charge in [-0.1, -0.05) is 25.7 Å². The Morgan fingerprint density at radius 3 is 2.56 bits per heavy atom. The highest BCUT2D eigenvalue weighted by molar-refractivity contribution is 6.90. The molecule has 1 aliphatic heterocycles. The molecule has 5 heteroatoms. The van der Waals surface area contributed by atoms with Crippen LogP contribution in [0.1, 0.15) is 5.56 Å². The lowest BCUT2D eigenvalue weighted by Crippen LogP contribution is -2.41. The first-order valence-corrected chi connectivity index (χ1v) is 12.1. The Morgan fingerprint density at radius 2 is 1.88 bits per heavy atom. The third-order valence-corrected chi connectivity index (χ3v) is 7.02. The van der Waals surface area contributed by atoms with Gasteiger partial charge in [-0.05, 0) is 35.0 Å². The van der Waals surface area contributed by atoms with Gasteiger partial charge in [-0.25, -0.2) is 4.98 Å². The summed E-state index contributed by atoms with van der Waals surface area (Å²) in [5, 5.41) is 2.67. The lowest BCUT2D eigenvalue weighted by molar-refractivity contribution is 0.806. The molecule has 3 heterocycles. The molecule has 0 unspecified atom stereocenters. The number of fused-ring (bicyclic) bond motifs is 4. The molecule has 0 atom stereocenters. The predicted molar refractivity (Wildman–Crippen MR) is 108 cm³/mol. The van der Waals surface area contributed by atoms with Gasteiger partial charge in [0.2, 0.25) is 0 Å². The summed E-state index contributed by atoms with van der Waals surface area (Å²) in [6.45, 7) is 7.75. The molecule has 0 fully saturated rings. The number of pyridine rings is 2. The van der Waals surface area contributed by atoms with Gasteiger partial charge in [0.05, 0.1) is 31.5 Å². The van der Waals surface area contributed by atoms with E-state index >= 15 is 0 Å². The van der Waals surface area contributed by atoms with E-state index in [1.165, 1.54) is 21.8 Å². The second-order valence-electron chi connectivity index (χ2n) is 8.00. The van der Waals surface area contributed by atoms with Gasteiger partial charge in [0.15, 0.2) is 0 Å². The molecule has 1 aromatic carbocycles. The van der Waals surface area contributed by atoms with Crippen LogP contribution in [0.3, 0.4) is 0 Å². The van der Waals surface area contributed by atoms with Crippen molar-refractivity contribution in [3.05, 3.63) is 52.3 Å². The van der Waals surface area contributed by atoms with Crippen molar-refractivity contribution in [1.29, 1.82) is 0 Å². The maximum Gasteiger partial charge on any atom is 0.251 e. The molecule has 0 amide bonds. The van der Waals surface area contributed by atoms with E-state index in [9.17, 15) is 4.79 Å². The molecule has 3 aromatic rings. The van der Waals surface area contributed by atoms with Crippen molar-refractivity contribution in [2.75, 3.05) is 19.0 Å². The van der Waals surface area contributed by atoms with Crippen LogP contribution in [0.5, 0.6) is 0 Å². The van der Waals surface area contributed by atoms with Gasteiger partial charge in [-0.15, -0.1) is 0 Å². The number of nitrogens with zero attached hydrogens (tertiary/aromatic N) is 3. The normalized spacial score (nSPS) is 13.0. The first kappa shape index (κ1) is 16.1. The van der Waals surface area contributed by atoms with Crippen LogP contribution in [-0.2, 0) is 6.54 Å². The average Bonchev–Trinajstić information content (AvgIpc) is 2.90. The van der Waals surface area contributed by atoms with Gasteiger partial charge in [0, 0.05) is 31.2 Å². The van der Waals surface area contributed by atoms with Crippen LogP contribution in [-0.4, -0.2) is 31.7 Å². The van der Waals surface area contributed by atoms with Crippen molar-refractivity contribution < 1.29 is 0 Å². The fourth-order valence-corrected chi connectivity index (χ4v) is 5.95. The van der Waals surface area contributed by atoms with Crippen LogP contribution in [0.2, 0.25) is 19.6 Å². The number of anilines is 1. The Bertz CT molecular complexity index is 1060. The topological polar surface area (TPSA) is 38.1 Å². The van der Waals surface area contributed by atoms with Crippen molar-refractivity contribution >= 4 is 29.9 Å². The second-order valence-corrected chi connectivity index (χ2v) is 13.0. The van der Waals surface area contributed by atoms with Crippen LogP contribution >= 0.6 is 0 Å². The molecule has 0 saturated heterocycles. The van der Waals surface area contributed by atoms with Crippen LogP contribution < -0.4 is 15.6 Å². The fourth-order valence-electron chi connectivity index (χ4n) is 3.84. The fraction of sp³-hybridized carbons (Fsp3) is 0.300. The SMILES string of the molecule is CN(C)c1ccc2nc3c(c([Si](C)(C)C)c2c1)Cn1c-3cccc1=O. The largest absolute Gasteiger partial charge is 0.378 e. The molecule has 0 spiro atoms. The summed E-state index contributed by atoms with van der Waals surface area (Å²) in [7, 11) is 2.48. The molecule has 0 aliphatic carbocycles. The Balaban J connectivity index is 2.12. The highest BCUT2D eigenvalue weighted by atomic mass is 28.3. The van der Waals surface area contributed by atoms with Crippen LogP contribution in [0.4, 0.5) is 5.69 Å². The molecule has 4 nitrogen and oxygen atoms in total. The number of aromatic nitrogens is 2. The molecular formula is C20H23N3OSi. The third-order valence-electron chi connectivity index (χ3n) is 4.94. The highest BCUT2D eigenvalue weighted by Gasteiger charge is 2.31. The lowest BCUT2D eigenvalue weighted by Gasteiger charge is -2.24. The minimum Gasteiger partial charge on any atom is -0.378 e. The number of hydrogen-bond acceptors (Lipinski definition) is 3. The molecular weight excluding hydrogens is 326 g/mol. The van der Waals surface area contributed by atoms with E-state index in [4.69, 9.17) is 4.98 Å². The van der Waals surface area contributed by atoms with Gasteiger partial charge < -0.3 is 9.47 Å². The molecule has 0 bridgehead atoms. The van der Waals surface area contributed by atoms with E-state index in [2.05, 4.69) is 56.8 Å². The van der Waals surface area contributed by atoms with Crippen molar-refractivity contribution in [1.82, 2.24) is 9.55 Å². The Morgan fingerprint density at radius 1 is 1.12 bits per heavy atom. The lowest BCUT2D eigenvalue weighted by atomic mass is 10.1. The van der Waals surface area contributed by atoms with Crippen LogP contribution in [0, 0.1) is 0 Å². The van der Waals surface area contributed by atoms with E-state index in [1.807, 2.05) is 16.7 Å². The van der Waals surface area contributed by atoms with E-state index in [-0.39, 0.29) is 5.56 Å². The van der Waals surface area contributed by atoms with Crippen molar-refractivity contribution in [3.63, 3.8) is 0 Å². The quantitative estimate of drug-likeness (QED) is 0.522. The van der Waals surface area contributed by atoms with E-state index in [0.29, 0.717) is 6.54 Å². The maximum atomic E-state index is 12.3. The third kappa shape index (κ3) is 2.42. The summed E-state index contributed by atoms with van der Waals surface area (Å²) < 4.78 is 1.85. The molecule has 128 valence electrons. The standard InChI is InChI=1S/C20H23N3OSi/c1-22(2)13-9-10-16-14(11-13)20(25(3,4)5)15-12-23-17(19(15)21-16)7-6-8-18(23)24/h6-11H,12H2,1-5H3. The van der Waals surface area contributed by atoms with Gasteiger partial charge in [-0.2, -0.15) is 0 Å². The second kappa shape index (κ2) is 5.30. The molecule has 4 rings (SSSR count). The summed E-state index contributed by atoms with van der Waals surface area (Å²) in [5.74, 6) is 0. The van der Waals surface area contributed by atoms with Crippen LogP contribution in [0.15, 0.2) is 41.2 Å². The highest BCUT2D eigenvalue weighted by Crippen LogP contribution is 2.32. The van der Waals surface area contributed by atoms with Crippen molar-refractivity contribution in [3.8, 4) is 11.4 Å². The van der Waals surface area contributed by atoms with Crippen molar-refractivity contribution in [2.24, 2.45) is 0 Å². The number of hydrogen-bond donors (Lipinski definition) is 0. The minimum atomic E-state index is -1.64. The monoisotopic (exact) mass is 349 g/mol. The molecule has 25 heavy (non-hydrogen) atoms. The first-order valence-electron chi connectivity index (χ1n) is 8.62. The smallest absolute Gasteiger partial charge is 0.251 e. The molecule has 0 N–H and O–H groups in total. The summed E-state index contributed by atoms with van der Waals surface area (Å²) in [6, 6.07) is 11.9. The minimum absolute atomic E-state index is 0.0510. The van der Waals surface area contributed by atoms with Gasteiger partial charge >= 0.3 is 0 Å². The zero-order valence-electron chi connectivity index (χ0n) is 15.4. The molecule has 0 radical (unpaired) electrons. The summed E-state index contributed by atoms with van der Waals surface area (Å²) >= 11 is 0. The molecule has 2 aromatic heterocycles. The number of benzene rings is 1. The van der Waals surface area contributed by atoms with Crippen molar-refractivity contribution in [2.45, 2.75) is 26.2 Å². The Labute approximate surface area is 148 Å². The molecule has 1 aliphatic rings. The predicted octanol–water partition coefficient (Wildman–Crippen LogP) is 3.04. The summed E-state index contributed by atoms with van der Waals surface area (Å²) in [5.41, 5.74) is 5.43. The summed E-state index contributed by atoms with van der Waals surface area (Å²) in [6.07, 6.45) is 0. The Kier molecular flexibility index (Phi) is 3.41. The maximum absolute atomic E-state index is 12.3. The zero-order valence-corrected chi connectivity index (χ0v) is 16.4. The van der Waals surface area contributed by atoms with Gasteiger partial charge in [0.25, 0.3) is 5.56 Å². The first-order chi connectivity index (χ1) is 11.8. The Hall–Kier alpha value is -2.40. The molecule has 0 saturated carbocycles. The van der Waals surface area contributed by atoms with Crippen LogP contribution in [0.25, 0.3) is 22.3 Å². The van der Waals surface area contributed by atoms with Gasteiger partial charge in [0.1, 0.15) is 0 Å². The number of rotatable bonds is 2.